The van der Waals surface area contributed by atoms with Gasteiger partial charge in [-0.05, 0) is 35.1 Å². The molecule has 2 aromatic carbocycles. The zero-order chi connectivity index (χ0) is 23.8. The van der Waals surface area contributed by atoms with E-state index in [-0.39, 0.29) is 57.1 Å². The molecule has 0 saturated heterocycles. The first kappa shape index (κ1) is 26.9. The number of alkyl carbamates (subject to hydrolysis) is 1. The summed E-state index contributed by atoms with van der Waals surface area (Å²) >= 11 is 0. The molecule has 0 spiro atoms. The van der Waals surface area contributed by atoms with Crippen molar-refractivity contribution in [1.82, 2.24) is 10.6 Å². The number of hydrogen-bond acceptors (Lipinski definition) is 5. The van der Waals surface area contributed by atoms with Gasteiger partial charge >= 0.3 is 6.09 Å². The van der Waals surface area contributed by atoms with Crippen molar-refractivity contribution in [3.63, 3.8) is 0 Å². The molecule has 1 aliphatic carbocycles. The van der Waals surface area contributed by atoms with Crippen molar-refractivity contribution in [2.45, 2.75) is 44.6 Å². The molecule has 0 saturated carbocycles. The van der Waals surface area contributed by atoms with Crippen LogP contribution in [0.15, 0.2) is 48.5 Å². The summed E-state index contributed by atoms with van der Waals surface area (Å²) in [6, 6.07) is 15.5. The van der Waals surface area contributed by atoms with Gasteiger partial charge in [-0.25, -0.2) is 4.79 Å². The zero-order valence-corrected chi connectivity index (χ0v) is 20.1. The Morgan fingerprint density at radius 1 is 0.971 bits per heavy atom. The Hall–Kier alpha value is -3.33. The van der Waals surface area contributed by atoms with E-state index in [1.54, 1.807) is 0 Å². The maximum atomic E-state index is 12.2. The van der Waals surface area contributed by atoms with Gasteiger partial charge in [0.05, 0.1) is 6.04 Å². The number of amides is 3. The van der Waals surface area contributed by atoms with Gasteiger partial charge in [0.25, 0.3) is 0 Å². The molecule has 0 fully saturated rings. The lowest BCUT2D eigenvalue weighted by Crippen LogP contribution is -2.40. The summed E-state index contributed by atoms with van der Waals surface area (Å²) in [6.45, 7) is 1.83. The number of nitrogens with two attached hydrogens (primary N) is 1. The van der Waals surface area contributed by atoms with E-state index in [9.17, 15) is 19.2 Å². The van der Waals surface area contributed by atoms with Crippen molar-refractivity contribution in [2.75, 3.05) is 13.2 Å². The Balaban J connectivity index is 0.00000408. The minimum absolute atomic E-state index is 0. The number of rotatable bonds is 11. The van der Waals surface area contributed by atoms with Gasteiger partial charge in [-0.15, -0.1) is 0 Å². The first-order chi connectivity index (χ1) is 15.9. The highest BCUT2D eigenvalue weighted by Gasteiger charge is 2.29. The predicted octanol–water partition coefficient (Wildman–Crippen LogP) is 2.76. The molecule has 3 amide bonds. The van der Waals surface area contributed by atoms with E-state index in [4.69, 9.17) is 10.5 Å². The van der Waals surface area contributed by atoms with Crippen LogP contribution < -0.4 is 16.4 Å². The van der Waals surface area contributed by atoms with E-state index in [0.29, 0.717) is 12.8 Å². The van der Waals surface area contributed by atoms with Crippen LogP contribution in [0.1, 0.15) is 49.7 Å². The fourth-order valence-corrected chi connectivity index (χ4v) is 4.13. The van der Waals surface area contributed by atoms with Crippen LogP contribution in [0.25, 0.3) is 11.1 Å². The molecule has 0 heterocycles. The molecule has 0 radical (unpaired) electrons. The summed E-state index contributed by atoms with van der Waals surface area (Å²) in [5.74, 6) is -1.18. The first-order valence-electron chi connectivity index (χ1n) is 11.0. The second-order valence-electron chi connectivity index (χ2n) is 8.08. The van der Waals surface area contributed by atoms with Gasteiger partial charge in [-0.3, -0.25) is 14.4 Å². The highest BCUT2D eigenvalue weighted by atomic mass is 32.1. The van der Waals surface area contributed by atoms with Crippen LogP contribution in [0.3, 0.4) is 0 Å². The second-order valence-corrected chi connectivity index (χ2v) is 8.08. The first-order valence-corrected chi connectivity index (χ1v) is 11.0. The molecule has 3 rings (SSSR count). The Kier molecular flexibility index (Phi) is 10.1. The molecule has 0 bridgehead atoms. The van der Waals surface area contributed by atoms with Crippen molar-refractivity contribution in [1.29, 1.82) is 0 Å². The molecule has 9 heteroatoms. The maximum Gasteiger partial charge on any atom is 0.407 e. The third kappa shape index (κ3) is 7.08. The normalized spacial score (nSPS) is 12.5. The van der Waals surface area contributed by atoms with Gasteiger partial charge in [0.2, 0.25) is 11.8 Å². The van der Waals surface area contributed by atoms with Gasteiger partial charge < -0.3 is 21.1 Å². The van der Waals surface area contributed by atoms with Crippen LogP contribution in [0.4, 0.5) is 4.79 Å². The van der Waals surface area contributed by atoms with Crippen molar-refractivity contribution < 1.29 is 23.9 Å². The molecule has 34 heavy (non-hydrogen) atoms. The highest BCUT2D eigenvalue weighted by Crippen LogP contribution is 2.44. The van der Waals surface area contributed by atoms with E-state index in [2.05, 4.69) is 34.9 Å². The summed E-state index contributed by atoms with van der Waals surface area (Å²) in [6.07, 6.45) is 0.165. The fraction of sp³-hybridized carbons (Fsp3) is 0.360. The lowest BCUT2D eigenvalue weighted by molar-refractivity contribution is -0.128. The largest absolute Gasteiger partial charge is 0.449 e. The van der Waals surface area contributed by atoms with Gasteiger partial charge in [0.15, 0.2) is 5.78 Å². The molecule has 0 aliphatic heterocycles. The molecule has 1 atom stereocenters. The monoisotopic (exact) mass is 485 g/mol. The molecule has 0 unspecified atom stereocenters. The predicted molar refractivity (Wildman–Crippen MR) is 134 cm³/mol. The zero-order valence-electron chi connectivity index (χ0n) is 19.1. The van der Waals surface area contributed by atoms with E-state index in [1.165, 1.54) is 6.92 Å². The van der Waals surface area contributed by atoms with Gasteiger partial charge in [-0.2, -0.15) is 13.5 Å². The summed E-state index contributed by atoms with van der Waals surface area (Å²) in [5, 5.41) is 5.28. The third-order valence-electron chi connectivity index (χ3n) is 5.67. The van der Waals surface area contributed by atoms with Crippen molar-refractivity contribution in [2.24, 2.45) is 5.73 Å². The lowest BCUT2D eigenvalue weighted by Gasteiger charge is -2.17. The Labute approximate surface area is 206 Å². The van der Waals surface area contributed by atoms with E-state index >= 15 is 0 Å². The van der Waals surface area contributed by atoms with Crippen molar-refractivity contribution in [3.8, 4) is 11.1 Å². The number of ether oxygens (including phenoxy) is 1. The number of carbonyl (C=O) groups is 4. The van der Waals surface area contributed by atoms with Crippen LogP contribution in [-0.2, 0) is 19.1 Å². The van der Waals surface area contributed by atoms with Crippen molar-refractivity contribution in [3.05, 3.63) is 59.7 Å². The Morgan fingerprint density at radius 3 is 2.12 bits per heavy atom. The number of fused-ring (bicyclic) bond motifs is 3. The summed E-state index contributed by atoms with van der Waals surface area (Å²) in [4.78, 5) is 46.7. The number of ketones is 1. The van der Waals surface area contributed by atoms with Crippen molar-refractivity contribution >= 4 is 37.2 Å². The highest BCUT2D eigenvalue weighted by molar-refractivity contribution is 7.59. The minimum Gasteiger partial charge on any atom is -0.449 e. The number of carbonyl (C=O) groups excluding carboxylic acids is 4. The summed E-state index contributed by atoms with van der Waals surface area (Å²) in [5.41, 5.74) is 9.68. The van der Waals surface area contributed by atoms with E-state index in [1.807, 2.05) is 24.3 Å². The molecule has 4 N–H and O–H groups in total. The number of hydrogen-bond donors (Lipinski definition) is 3. The quantitative estimate of drug-likeness (QED) is 0.422. The van der Waals surface area contributed by atoms with E-state index < -0.39 is 18.0 Å². The van der Waals surface area contributed by atoms with E-state index in [0.717, 1.165) is 22.3 Å². The molecule has 8 nitrogen and oxygen atoms in total. The average molecular weight is 486 g/mol. The van der Waals surface area contributed by atoms with Crippen LogP contribution in [0.2, 0.25) is 0 Å². The standard InChI is InChI=1S/C25H29N3O5.H2S/c1-16(29)28-22(23(30)12-13-24(26)31)11-6-14-27-25(32)33-15-21-19-9-4-2-7-17(19)18-8-3-5-10-20(18)21;/h2-5,7-10,21-22H,6,11-15H2,1H3,(H2,26,31)(H,27,32)(H,28,29);1H2/t22-;/m0./s1. The Bertz CT molecular complexity index is 997. The fourth-order valence-electron chi connectivity index (χ4n) is 4.13. The van der Waals surface area contributed by atoms with Crippen LogP contribution in [-0.4, -0.2) is 42.9 Å². The summed E-state index contributed by atoms with van der Waals surface area (Å²) in [7, 11) is 0. The van der Waals surface area contributed by atoms with Gasteiger partial charge in [-0.1, -0.05) is 48.5 Å². The van der Waals surface area contributed by atoms with Gasteiger partial charge in [0.1, 0.15) is 6.61 Å². The number of nitrogens with one attached hydrogen (secondary N) is 2. The SMILES string of the molecule is CC(=O)N[C@@H](CCCNC(=O)OCC1c2ccccc2-c2ccccc21)C(=O)CCC(N)=O.S. The number of benzene rings is 2. The lowest BCUT2D eigenvalue weighted by atomic mass is 9.98. The maximum absolute atomic E-state index is 12.2. The summed E-state index contributed by atoms with van der Waals surface area (Å²) < 4.78 is 5.49. The molecule has 182 valence electrons. The number of primary amides is 1. The molecular formula is C25H31N3O5S. The number of Topliss-reactive ketones (excluding diaryl/α,β-unsaturated/α-hetero) is 1. The second kappa shape index (κ2) is 12.8. The molecule has 0 aromatic heterocycles. The average Bonchev–Trinajstić information content (AvgIpc) is 3.11. The topological polar surface area (TPSA) is 128 Å². The van der Waals surface area contributed by atoms with Gasteiger partial charge in [0, 0.05) is 32.2 Å². The molecule has 1 aliphatic rings. The van der Waals surface area contributed by atoms with Crippen LogP contribution >= 0.6 is 13.5 Å². The third-order valence-corrected chi connectivity index (χ3v) is 5.67. The molecule has 2 aromatic rings. The Morgan fingerprint density at radius 2 is 1.56 bits per heavy atom. The van der Waals surface area contributed by atoms with Crippen LogP contribution in [0, 0.1) is 0 Å². The van der Waals surface area contributed by atoms with Crippen LogP contribution in [0.5, 0.6) is 0 Å². The molecular weight excluding hydrogens is 454 g/mol. The minimum atomic E-state index is -0.717. The smallest absolute Gasteiger partial charge is 0.407 e.